The van der Waals surface area contributed by atoms with Gasteiger partial charge in [-0.2, -0.15) is 15.3 Å². The van der Waals surface area contributed by atoms with Gasteiger partial charge in [0.05, 0.1) is 22.5 Å². The fourth-order valence-corrected chi connectivity index (χ4v) is 4.32. The zero-order chi connectivity index (χ0) is 20.4. The van der Waals surface area contributed by atoms with Gasteiger partial charge in [0.1, 0.15) is 0 Å². The Labute approximate surface area is 169 Å². The molecule has 29 heavy (non-hydrogen) atoms. The van der Waals surface area contributed by atoms with Gasteiger partial charge >= 0.3 is 0 Å². The van der Waals surface area contributed by atoms with Gasteiger partial charge in [-0.1, -0.05) is 0 Å². The predicted octanol–water partition coefficient (Wildman–Crippen LogP) is 3.30. The SMILES string of the molecule is CS(=O)(=O)c1ccc(Nc2ncc3cnn(CC4CCC(C#N)CC4)c3n2)cc1. The molecule has 1 fully saturated rings. The number of aromatic nitrogens is 4. The molecule has 1 saturated carbocycles. The molecule has 4 rings (SSSR count). The highest BCUT2D eigenvalue weighted by molar-refractivity contribution is 7.90. The first-order valence-electron chi connectivity index (χ1n) is 9.57. The fourth-order valence-electron chi connectivity index (χ4n) is 3.69. The first-order valence-corrected chi connectivity index (χ1v) is 11.5. The van der Waals surface area contributed by atoms with Crippen LogP contribution < -0.4 is 5.32 Å². The molecule has 1 aliphatic rings. The molecule has 1 aromatic carbocycles. The number of hydrogen-bond donors (Lipinski definition) is 1. The van der Waals surface area contributed by atoms with Crippen LogP contribution in [0.15, 0.2) is 41.6 Å². The van der Waals surface area contributed by atoms with E-state index in [1.54, 1.807) is 36.7 Å². The van der Waals surface area contributed by atoms with E-state index in [-0.39, 0.29) is 10.8 Å². The molecular formula is C20H22N6O2S. The minimum atomic E-state index is -3.23. The van der Waals surface area contributed by atoms with Gasteiger partial charge in [-0.25, -0.2) is 18.1 Å². The molecular weight excluding hydrogens is 388 g/mol. The summed E-state index contributed by atoms with van der Waals surface area (Å²) in [7, 11) is -3.23. The Balaban J connectivity index is 1.50. The lowest BCUT2D eigenvalue weighted by molar-refractivity contribution is 0.279. The van der Waals surface area contributed by atoms with Gasteiger partial charge in [0, 0.05) is 30.6 Å². The zero-order valence-electron chi connectivity index (χ0n) is 16.1. The second kappa shape index (κ2) is 7.79. The third-order valence-corrected chi connectivity index (χ3v) is 6.50. The Bertz CT molecular complexity index is 1160. The standard InChI is InChI=1S/C20H22N6O2S/c1-29(27,28)18-8-6-17(7-9-18)24-20-22-11-16-12-23-26(19(16)25-20)13-15-4-2-14(10-21)3-5-15/h6-9,11-12,14-15H,2-5,13H2,1H3,(H,22,24,25). The second-order valence-corrected chi connectivity index (χ2v) is 9.58. The molecule has 0 unspecified atom stereocenters. The third kappa shape index (κ3) is 4.38. The summed E-state index contributed by atoms with van der Waals surface area (Å²) < 4.78 is 25.1. The number of nitrogens with zero attached hydrogens (tertiary/aromatic N) is 5. The van der Waals surface area contributed by atoms with Crippen LogP contribution in [0.2, 0.25) is 0 Å². The Hall–Kier alpha value is -2.99. The summed E-state index contributed by atoms with van der Waals surface area (Å²) in [5.74, 6) is 1.12. The van der Waals surface area contributed by atoms with E-state index in [1.807, 2.05) is 4.68 Å². The average Bonchev–Trinajstić information content (AvgIpc) is 3.10. The Morgan fingerprint density at radius 2 is 1.90 bits per heavy atom. The minimum Gasteiger partial charge on any atom is -0.324 e. The molecule has 150 valence electrons. The molecule has 2 aromatic heterocycles. The highest BCUT2D eigenvalue weighted by atomic mass is 32.2. The maximum atomic E-state index is 11.6. The largest absolute Gasteiger partial charge is 0.324 e. The molecule has 0 spiro atoms. The normalized spacial score (nSPS) is 19.7. The van der Waals surface area contributed by atoms with Crippen molar-refractivity contribution in [1.82, 2.24) is 19.7 Å². The molecule has 2 heterocycles. The lowest BCUT2D eigenvalue weighted by atomic mass is 9.83. The molecule has 8 nitrogen and oxygen atoms in total. The average molecular weight is 411 g/mol. The summed E-state index contributed by atoms with van der Waals surface area (Å²) in [6.07, 6.45) is 8.63. The predicted molar refractivity (Wildman–Crippen MR) is 109 cm³/mol. The van der Waals surface area contributed by atoms with Crippen molar-refractivity contribution in [3.05, 3.63) is 36.7 Å². The van der Waals surface area contributed by atoms with Crippen molar-refractivity contribution < 1.29 is 8.42 Å². The monoisotopic (exact) mass is 410 g/mol. The first kappa shape index (κ1) is 19.3. The summed E-state index contributed by atoms with van der Waals surface area (Å²) in [5, 5.41) is 17.5. The van der Waals surface area contributed by atoms with E-state index in [1.165, 1.54) is 6.26 Å². The quantitative estimate of drug-likeness (QED) is 0.686. The highest BCUT2D eigenvalue weighted by Gasteiger charge is 2.22. The van der Waals surface area contributed by atoms with Crippen LogP contribution in [0, 0.1) is 23.2 Å². The number of benzene rings is 1. The maximum absolute atomic E-state index is 11.6. The van der Waals surface area contributed by atoms with Crippen molar-refractivity contribution in [1.29, 1.82) is 5.26 Å². The van der Waals surface area contributed by atoms with E-state index in [0.29, 0.717) is 17.6 Å². The van der Waals surface area contributed by atoms with Crippen LogP contribution in [0.4, 0.5) is 11.6 Å². The highest BCUT2D eigenvalue weighted by Crippen LogP contribution is 2.30. The van der Waals surface area contributed by atoms with E-state index in [0.717, 1.165) is 43.3 Å². The molecule has 0 radical (unpaired) electrons. The van der Waals surface area contributed by atoms with E-state index in [4.69, 9.17) is 5.26 Å². The third-order valence-electron chi connectivity index (χ3n) is 5.38. The van der Waals surface area contributed by atoms with Crippen LogP contribution >= 0.6 is 0 Å². The molecule has 0 atom stereocenters. The Morgan fingerprint density at radius 3 is 2.55 bits per heavy atom. The lowest BCUT2D eigenvalue weighted by Crippen LogP contribution is -2.19. The fraction of sp³-hybridized carbons (Fsp3) is 0.400. The number of nitrogens with one attached hydrogen (secondary N) is 1. The minimum absolute atomic E-state index is 0.188. The van der Waals surface area contributed by atoms with Gasteiger partial charge in [-0.05, 0) is 55.9 Å². The molecule has 9 heteroatoms. The van der Waals surface area contributed by atoms with Gasteiger partial charge in [-0.3, -0.25) is 0 Å². The summed E-state index contributed by atoms with van der Waals surface area (Å²) in [5.41, 5.74) is 1.47. The molecule has 1 N–H and O–H groups in total. The van der Waals surface area contributed by atoms with Crippen molar-refractivity contribution >= 4 is 32.5 Å². The van der Waals surface area contributed by atoms with E-state index < -0.39 is 9.84 Å². The van der Waals surface area contributed by atoms with Crippen molar-refractivity contribution in [2.24, 2.45) is 11.8 Å². The molecule has 0 amide bonds. The van der Waals surface area contributed by atoms with Crippen molar-refractivity contribution in [2.45, 2.75) is 37.1 Å². The van der Waals surface area contributed by atoms with Gasteiger partial charge in [0.2, 0.25) is 5.95 Å². The van der Waals surface area contributed by atoms with E-state index >= 15 is 0 Å². The van der Waals surface area contributed by atoms with Crippen molar-refractivity contribution in [3.63, 3.8) is 0 Å². The van der Waals surface area contributed by atoms with Gasteiger partial charge in [0.15, 0.2) is 15.5 Å². The Morgan fingerprint density at radius 1 is 1.17 bits per heavy atom. The summed E-state index contributed by atoms with van der Waals surface area (Å²) in [6, 6.07) is 8.86. The molecule has 1 aliphatic carbocycles. The number of sulfone groups is 1. The summed E-state index contributed by atoms with van der Waals surface area (Å²) in [6.45, 7) is 0.779. The molecule has 0 aliphatic heterocycles. The molecule has 0 bridgehead atoms. The van der Waals surface area contributed by atoms with Crippen molar-refractivity contribution in [3.8, 4) is 6.07 Å². The van der Waals surface area contributed by atoms with Gasteiger partial charge in [0.25, 0.3) is 0 Å². The smallest absolute Gasteiger partial charge is 0.229 e. The summed E-state index contributed by atoms with van der Waals surface area (Å²) >= 11 is 0. The van der Waals surface area contributed by atoms with Crippen LogP contribution in [0.25, 0.3) is 11.0 Å². The Kier molecular flexibility index (Phi) is 5.20. The van der Waals surface area contributed by atoms with Crippen LogP contribution in [-0.2, 0) is 16.4 Å². The maximum Gasteiger partial charge on any atom is 0.229 e. The first-order chi connectivity index (χ1) is 13.9. The second-order valence-electron chi connectivity index (χ2n) is 7.57. The number of anilines is 2. The molecule has 3 aromatic rings. The number of rotatable bonds is 5. The topological polar surface area (TPSA) is 114 Å². The van der Waals surface area contributed by atoms with Crippen molar-refractivity contribution in [2.75, 3.05) is 11.6 Å². The van der Waals surface area contributed by atoms with E-state index in [2.05, 4.69) is 26.5 Å². The van der Waals surface area contributed by atoms with Crippen LogP contribution in [0.5, 0.6) is 0 Å². The van der Waals surface area contributed by atoms with Gasteiger partial charge < -0.3 is 5.32 Å². The van der Waals surface area contributed by atoms with Crippen LogP contribution in [-0.4, -0.2) is 34.4 Å². The number of nitriles is 1. The lowest BCUT2D eigenvalue weighted by Gasteiger charge is -2.24. The molecule has 0 saturated heterocycles. The number of fused-ring (bicyclic) bond motifs is 1. The number of hydrogen-bond acceptors (Lipinski definition) is 7. The van der Waals surface area contributed by atoms with Gasteiger partial charge in [-0.15, -0.1) is 0 Å². The van der Waals surface area contributed by atoms with E-state index in [9.17, 15) is 8.42 Å². The zero-order valence-corrected chi connectivity index (χ0v) is 16.9. The van der Waals surface area contributed by atoms with Crippen LogP contribution in [0.3, 0.4) is 0 Å². The summed E-state index contributed by atoms with van der Waals surface area (Å²) in [4.78, 5) is 9.20. The van der Waals surface area contributed by atoms with Crippen LogP contribution in [0.1, 0.15) is 25.7 Å².